The van der Waals surface area contributed by atoms with Gasteiger partial charge in [0.15, 0.2) is 0 Å². The highest BCUT2D eigenvalue weighted by Crippen LogP contribution is 2.43. The first-order valence-corrected chi connectivity index (χ1v) is 8.56. The summed E-state index contributed by atoms with van der Waals surface area (Å²) in [6, 6.07) is 17.6. The number of nitrogens with zero attached hydrogens (tertiary/aromatic N) is 1. The molecule has 1 saturated heterocycles. The van der Waals surface area contributed by atoms with E-state index in [-0.39, 0.29) is 23.9 Å². The van der Waals surface area contributed by atoms with Gasteiger partial charge in [0.25, 0.3) is 5.91 Å². The standard InChI is InChI=1S/C20H22N2O2.ClH/c23-19(22-13-12-21-15-20(22)10-11-20)17-6-8-18(9-7-17)24-14-16-4-2-1-3-5-16;/h1-9,21H,10-15H2;1H. The lowest BCUT2D eigenvalue weighted by molar-refractivity contribution is 0.0600. The predicted molar refractivity (Wildman–Crippen MR) is 100 cm³/mol. The maximum absolute atomic E-state index is 12.8. The second-order valence-corrected chi connectivity index (χ2v) is 6.66. The number of rotatable bonds is 4. The van der Waals surface area contributed by atoms with E-state index in [1.807, 2.05) is 54.6 Å². The van der Waals surface area contributed by atoms with Gasteiger partial charge < -0.3 is 15.0 Å². The van der Waals surface area contributed by atoms with E-state index in [1.54, 1.807) is 0 Å². The summed E-state index contributed by atoms with van der Waals surface area (Å²) in [7, 11) is 0. The van der Waals surface area contributed by atoms with Crippen molar-refractivity contribution in [3.8, 4) is 5.75 Å². The highest BCUT2D eigenvalue weighted by atomic mass is 35.5. The maximum Gasteiger partial charge on any atom is 0.254 e. The zero-order chi connectivity index (χ0) is 16.4. The van der Waals surface area contributed by atoms with Gasteiger partial charge in [-0.3, -0.25) is 4.79 Å². The Morgan fingerprint density at radius 3 is 2.48 bits per heavy atom. The minimum atomic E-state index is 0. The molecule has 2 aromatic rings. The van der Waals surface area contributed by atoms with Crippen molar-refractivity contribution in [2.75, 3.05) is 19.6 Å². The van der Waals surface area contributed by atoms with Crippen LogP contribution in [0.1, 0.15) is 28.8 Å². The molecule has 1 aliphatic heterocycles. The lowest BCUT2D eigenvalue weighted by Crippen LogP contribution is -2.55. The molecule has 0 atom stereocenters. The van der Waals surface area contributed by atoms with Crippen LogP contribution in [0, 0.1) is 0 Å². The quantitative estimate of drug-likeness (QED) is 0.912. The summed E-state index contributed by atoms with van der Waals surface area (Å²) in [4.78, 5) is 14.9. The molecule has 5 heteroatoms. The van der Waals surface area contributed by atoms with Crippen LogP contribution in [0.4, 0.5) is 0 Å². The molecule has 4 nitrogen and oxygen atoms in total. The van der Waals surface area contributed by atoms with E-state index >= 15 is 0 Å². The molecule has 0 aromatic heterocycles. The number of nitrogens with one attached hydrogen (secondary N) is 1. The van der Waals surface area contributed by atoms with Gasteiger partial charge in [-0.2, -0.15) is 0 Å². The molecule has 0 unspecified atom stereocenters. The zero-order valence-electron chi connectivity index (χ0n) is 14.1. The molecule has 132 valence electrons. The summed E-state index contributed by atoms with van der Waals surface area (Å²) in [5.74, 6) is 0.931. The molecule has 1 amide bonds. The Kier molecular flexibility index (Phi) is 5.30. The summed E-state index contributed by atoms with van der Waals surface area (Å²) in [5, 5.41) is 3.40. The predicted octanol–water partition coefficient (Wildman–Crippen LogP) is 3.27. The lowest BCUT2D eigenvalue weighted by Gasteiger charge is -2.36. The molecule has 25 heavy (non-hydrogen) atoms. The Bertz CT molecular complexity index is 714. The number of halogens is 1. The Hall–Kier alpha value is -2.04. The summed E-state index contributed by atoms with van der Waals surface area (Å²) in [5.41, 5.74) is 1.96. The first-order chi connectivity index (χ1) is 11.8. The van der Waals surface area contributed by atoms with Crippen molar-refractivity contribution in [2.45, 2.75) is 25.0 Å². The zero-order valence-corrected chi connectivity index (χ0v) is 14.9. The molecule has 1 aliphatic carbocycles. The van der Waals surface area contributed by atoms with Gasteiger partial charge in [0.2, 0.25) is 0 Å². The summed E-state index contributed by atoms with van der Waals surface area (Å²) in [6.07, 6.45) is 2.23. The van der Waals surface area contributed by atoms with Gasteiger partial charge in [-0.25, -0.2) is 0 Å². The van der Waals surface area contributed by atoms with E-state index < -0.39 is 0 Å². The average molecular weight is 359 g/mol. The Morgan fingerprint density at radius 2 is 1.80 bits per heavy atom. The third-order valence-electron chi connectivity index (χ3n) is 4.96. The van der Waals surface area contributed by atoms with Crippen LogP contribution in [-0.2, 0) is 6.61 Å². The van der Waals surface area contributed by atoms with E-state index in [4.69, 9.17) is 4.74 Å². The molecule has 1 N–H and O–H groups in total. The number of hydrogen-bond acceptors (Lipinski definition) is 3. The van der Waals surface area contributed by atoms with E-state index in [1.165, 1.54) is 0 Å². The van der Waals surface area contributed by atoms with Crippen molar-refractivity contribution < 1.29 is 9.53 Å². The maximum atomic E-state index is 12.8. The van der Waals surface area contributed by atoms with Crippen molar-refractivity contribution >= 4 is 18.3 Å². The SMILES string of the molecule is Cl.O=C(c1ccc(OCc2ccccc2)cc1)N1CCNCC12CC2. The third-order valence-corrected chi connectivity index (χ3v) is 4.96. The van der Waals surface area contributed by atoms with E-state index in [2.05, 4.69) is 10.2 Å². The normalized spacial score (nSPS) is 17.7. The minimum absolute atomic E-state index is 0. The van der Waals surface area contributed by atoms with Gasteiger partial charge in [0.05, 0.1) is 5.54 Å². The fourth-order valence-corrected chi connectivity index (χ4v) is 3.34. The highest BCUT2D eigenvalue weighted by molar-refractivity contribution is 5.95. The molecule has 1 spiro atoms. The Morgan fingerprint density at radius 1 is 1.08 bits per heavy atom. The van der Waals surface area contributed by atoms with Crippen LogP contribution in [-0.4, -0.2) is 36.0 Å². The van der Waals surface area contributed by atoms with Crippen molar-refractivity contribution in [2.24, 2.45) is 0 Å². The lowest BCUT2D eigenvalue weighted by atomic mass is 10.1. The summed E-state index contributed by atoms with van der Waals surface area (Å²) < 4.78 is 5.79. The molecular weight excluding hydrogens is 336 g/mol. The van der Waals surface area contributed by atoms with Crippen LogP contribution in [0.25, 0.3) is 0 Å². The second kappa shape index (κ2) is 7.46. The molecule has 1 heterocycles. The first kappa shape index (κ1) is 17.8. The van der Waals surface area contributed by atoms with Crippen LogP contribution in [0.15, 0.2) is 54.6 Å². The molecule has 2 aromatic carbocycles. The molecule has 1 saturated carbocycles. The van der Waals surface area contributed by atoms with Crippen LogP contribution in [0.2, 0.25) is 0 Å². The molecular formula is C20H23ClN2O2. The van der Waals surface area contributed by atoms with E-state index in [0.29, 0.717) is 6.61 Å². The topological polar surface area (TPSA) is 41.6 Å². The number of amides is 1. The Labute approximate surface area is 154 Å². The summed E-state index contributed by atoms with van der Waals surface area (Å²) >= 11 is 0. The number of hydrogen-bond donors (Lipinski definition) is 1. The number of ether oxygens (including phenoxy) is 1. The van der Waals surface area contributed by atoms with Gasteiger partial charge in [-0.15, -0.1) is 12.4 Å². The van der Waals surface area contributed by atoms with Crippen molar-refractivity contribution in [1.29, 1.82) is 0 Å². The van der Waals surface area contributed by atoms with Gasteiger partial charge in [-0.05, 0) is 42.7 Å². The Balaban J connectivity index is 0.00000182. The van der Waals surface area contributed by atoms with E-state index in [9.17, 15) is 4.79 Å². The minimum Gasteiger partial charge on any atom is -0.489 e. The molecule has 0 radical (unpaired) electrons. The van der Waals surface area contributed by atoms with Crippen molar-refractivity contribution in [3.05, 3.63) is 65.7 Å². The van der Waals surface area contributed by atoms with Crippen LogP contribution in [0.5, 0.6) is 5.75 Å². The van der Waals surface area contributed by atoms with Gasteiger partial charge in [-0.1, -0.05) is 30.3 Å². The van der Waals surface area contributed by atoms with E-state index in [0.717, 1.165) is 49.4 Å². The summed E-state index contributed by atoms with van der Waals surface area (Å²) in [6.45, 7) is 3.14. The number of carbonyl (C=O) groups is 1. The molecule has 2 fully saturated rings. The van der Waals surface area contributed by atoms with Crippen molar-refractivity contribution in [3.63, 3.8) is 0 Å². The smallest absolute Gasteiger partial charge is 0.254 e. The van der Waals surface area contributed by atoms with Crippen molar-refractivity contribution in [1.82, 2.24) is 10.2 Å². The van der Waals surface area contributed by atoms with Crippen LogP contribution >= 0.6 is 12.4 Å². The largest absolute Gasteiger partial charge is 0.489 e. The van der Waals surface area contributed by atoms with Gasteiger partial charge in [0, 0.05) is 25.2 Å². The second-order valence-electron chi connectivity index (χ2n) is 6.66. The first-order valence-electron chi connectivity index (χ1n) is 8.56. The molecule has 4 rings (SSSR count). The number of carbonyl (C=O) groups excluding carboxylic acids is 1. The fraction of sp³-hybridized carbons (Fsp3) is 0.350. The van der Waals surface area contributed by atoms with Crippen LogP contribution < -0.4 is 10.1 Å². The van der Waals surface area contributed by atoms with Gasteiger partial charge >= 0.3 is 0 Å². The highest BCUT2D eigenvalue weighted by Gasteiger charge is 2.51. The third kappa shape index (κ3) is 3.80. The average Bonchev–Trinajstić information content (AvgIpc) is 3.41. The number of benzene rings is 2. The molecule has 2 aliphatic rings. The molecule has 0 bridgehead atoms. The monoisotopic (exact) mass is 358 g/mol. The van der Waals surface area contributed by atoms with Gasteiger partial charge in [0.1, 0.15) is 12.4 Å². The van der Waals surface area contributed by atoms with Crippen LogP contribution in [0.3, 0.4) is 0 Å². The fourth-order valence-electron chi connectivity index (χ4n) is 3.34. The number of piperazine rings is 1.